The molecule has 0 aliphatic heterocycles. The van der Waals surface area contributed by atoms with Crippen LogP contribution >= 0.6 is 0 Å². The molecule has 1 unspecified atom stereocenters. The molecule has 0 bridgehead atoms. The molecule has 0 heterocycles. The van der Waals surface area contributed by atoms with E-state index in [1.54, 1.807) is 0 Å². The maximum Gasteiger partial charge on any atom is 0.0897 e. The maximum atomic E-state index is 9.74. The van der Waals surface area contributed by atoms with E-state index in [9.17, 15) is 5.11 Å². The first-order valence-electron chi connectivity index (χ1n) is 7.34. The van der Waals surface area contributed by atoms with Gasteiger partial charge in [0.15, 0.2) is 0 Å². The summed E-state index contributed by atoms with van der Waals surface area (Å²) < 4.78 is 16.2. The van der Waals surface area contributed by atoms with Crippen LogP contribution in [-0.4, -0.2) is 62.4 Å². The molecular formula is C14H29NO4. The van der Waals surface area contributed by atoms with Crippen molar-refractivity contribution >= 4 is 0 Å². The Kier molecular flexibility index (Phi) is 8.57. The van der Waals surface area contributed by atoms with Gasteiger partial charge in [-0.2, -0.15) is 0 Å². The molecular weight excluding hydrogens is 246 g/mol. The lowest BCUT2D eigenvalue weighted by Crippen LogP contribution is -2.48. The Hall–Kier alpha value is -0.200. The Labute approximate surface area is 116 Å². The molecule has 1 rings (SSSR count). The quantitative estimate of drug-likeness (QED) is 0.550. The normalized spacial score (nSPS) is 24.5. The van der Waals surface area contributed by atoms with E-state index in [0.29, 0.717) is 38.5 Å². The SMILES string of the molecule is CCOC1CC(NCC(O)COCCOC(C)C)C1. The van der Waals surface area contributed by atoms with Crippen molar-refractivity contribution < 1.29 is 19.3 Å². The summed E-state index contributed by atoms with van der Waals surface area (Å²) in [5, 5.41) is 13.1. The molecule has 1 fully saturated rings. The molecule has 0 aromatic carbocycles. The first kappa shape index (κ1) is 16.9. The largest absolute Gasteiger partial charge is 0.389 e. The minimum atomic E-state index is -0.454. The zero-order valence-corrected chi connectivity index (χ0v) is 12.4. The second-order valence-corrected chi connectivity index (χ2v) is 5.30. The third-order valence-electron chi connectivity index (χ3n) is 3.13. The van der Waals surface area contributed by atoms with Crippen molar-refractivity contribution in [1.29, 1.82) is 0 Å². The van der Waals surface area contributed by atoms with E-state index >= 15 is 0 Å². The second kappa shape index (κ2) is 9.66. The molecule has 2 N–H and O–H groups in total. The standard InChI is InChI=1S/C14H29NO4/c1-4-18-14-7-12(8-14)15-9-13(16)10-17-5-6-19-11(2)3/h11-16H,4-10H2,1-3H3. The van der Waals surface area contributed by atoms with Crippen molar-refractivity contribution in [1.82, 2.24) is 5.32 Å². The summed E-state index contributed by atoms with van der Waals surface area (Å²) in [4.78, 5) is 0. The van der Waals surface area contributed by atoms with Gasteiger partial charge in [-0.25, -0.2) is 0 Å². The molecule has 1 aliphatic carbocycles. The molecule has 1 aliphatic rings. The fraction of sp³-hybridized carbons (Fsp3) is 1.00. The fourth-order valence-corrected chi connectivity index (χ4v) is 2.03. The molecule has 0 radical (unpaired) electrons. The zero-order valence-electron chi connectivity index (χ0n) is 12.4. The van der Waals surface area contributed by atoms with Crippen molar-refractivity contribution in [3.05, 3.63) is 0 Å². The lowest BCUT2D eigenvalue weighted by atomic mass is 9.89. The van der Waals surface area contributed by atoms with Gasteiger partial charge < -0.3 is 24.6 Å². The number of hydrogen-bond acceptors (Lipinski definition) is 5. The topological polar surface area (TPSA) is 60.0 Å². The summed E-state index contributed by atoms with van der Waals surface area (Å²) in [5.74, 6) is 0. The lowest BCUT2D eigenvalue weighted by molar-refractivity contribution is -0.0236. The maximum absolute atomic E-state index is 9.74. The molecule has 19 heavy (non-hydrogen) atoms. The van der Waals surface area contributed by atoms with E-state index in [2.05, 4.69) is 5.32 Å². The van der Waals surface area contributed by atoms with E-state index in [1.165, 1.54) is 0 Å². The molecule has 1 saturated carbocycles. The Morgan fingerprint density at radius 3 is 2.63 bits per heavy atom. The summed E-state index contributed by atoms with van der Waals surface area (Å²) in [6, 6.07) is 0.482. The highest BCUT2D eigenvalue weighted by molar-refractivity contribution is 4.86. The van der Waals surface area contributed by atoms with Crippen LogP contribution in [0, 0.1) is 0 Å². The van der Waals surface area contributed by atoms with Crippen LogP contribution in [0.2, 0.25) is 0 Å². The Bertz CT molecular complexity index is 219. The Morgan fingerprint density at radius 1 is 1.26 bits per heavy atom. The van der Waals surface area contributed by atoms with Crippen LogP contribution in [0.1, 0.15) is 33.6 Å². The molecule has 5 nitrogen and oxygen atoms in total. The van der Waals surface area contributed by atoms with Crippen molar-refractivity contribution in [3.63, 3.8) is 0 Å². The first-order valence-corrected chi connectivity index (χ1v) is 7.34. The number of aliphatic hydroxyl groups is 1. The lowest BCUT2D eigenvalue weighted by Gasteiger charge is -2.36. The van der Waals surface area contributed by atoms with Crippen molar-refractivity contribution in [2.75, 3.05) is 33.0 Å². The summed E-state index contributed by atoms with van der Waals surface area (Å²) in [7, 11) is 0. The number of hydrogen-bond donors (Lipinski definition) is 2. The van der Waals surface area contributed by atoms with Crippen molar-refractivity contribution in [3.8, 4) is 0 Å². The molecule has 0 aromatic rings. The van der Waals surface area contributed by atoms with E-state index in [1.807, 2.05) is 20.8 Å². The Balaban J connectivity index is 1.87. The third-order valence-corrected chi connectivity index (χ3v) is 3.13. The van der Waals surface area contributed by atoms with Gasteiger partial charge in [-0.1, -0.05) is 0 Å². The predicted octanol–water partition coefficient (Wildman–Crippen LogP) is 0.946. The average Bonchev–Trinajstić information content (AvgIpc) is 2.31. The van der Waals surface area contributed by atoms with Crippen LogP contribution in [0.3, 0.4) is 0 Å². The van der Waals surface area contributed by atoms with Gasteiger partial charge in [-0.15, -0.1) is 0 Å². The summed E-state index contributed by atoms with van der Waals surface area (Å²) in [5.41, 5.74) is 0. The van der Waals surface area contributed by atoms with Crippen molar-refractivity contribution in [2.24, 2.45) is 0 Å². The van der Waals surface area contributed by atoms with Gasteiger partial charge in [0.05, 0.1) is 38.1 Å². The highest BCUT2D eigenvalue weighted by Crippen LogP contribution is 2.22. The van der Waals surface area contributed by atoms with Crippen LogP contribution in [-0.2, 0) is 14.2 Å². The fourth-order valence-electron chi connectivity index (χ4n) is 2.03. The van der Waals surface area contributed by atoms with Gasteiger partial charge in [0.1, 0.15) is 0 Å². The summed E-state index contributed by atoms with van der Waals surface area (Å²) in [6.07, 6.45) is 2.27. The summed E-state index contributed by atoms with van der Waals surface area (Å²) in [6.45, 7) is 8.84. The van der Waals surface area contributed by atoms with Gasteiger partial charge in [0.2, 0.25) is 0 Å². The Morgan fingerprint density at radius 2 is 2.00 bits per heavy atom. The molecule has 0 aromatic heterocycles. The number of ether oxygens (including phenoxy) is 3. The van der Waals surface area contributed by atoms with E-state index in [0.717, 1.165) is 19.4 Å². The van der Waals surface area contributed by atoms with Gasteiger partial charge in [-0.05, 0) is 33.6 Å². The number of aliphatic hydroxyl groups excluding tert-OH is 1. The van der Waals surface area contributed by atoms with Crippen LogP contribution < -0.4 is 5.32 Å². The molecule has 0 saturated heterocycles. The molecule has 5 heteroatoms. The third kappa shape index (κ3) is 7.84. The van der Waals surface area contributed by atoms with Crippen molar-refractivity contribution in [2.45, 2.75) is 58.0 Å². The van der Waals surface area contributed by atoms with E-state index < -0.39 is 6.10 Å². The number of rotatable bonds is 11. The highest BCUT2D eigenvalue weighted by Gasteiger charge is 2.29. The smallest absolute Gasteiger partial charge is 0.0897 e. The van der Waals surface area contributed by atoms with Gasteiger partial charge in [0, 0.05) is 19.2 Å². The monoisotopic (exact) mass is 275 g/mol. The minimum absolute atomic E-state index is 0.229. The van der Waals surface area contributed by atoms with Gasteiger partial charge in [0.25, 0.3) is 0 Å². The van der Waals surface area contributed by atoms with Crippen LogP contribution in [0.15, 0.2) is 0 Å². The summed E-state index contributed by atoms with van der Waals surface area (Å²) >= 11 is 0. The van der Waals surface area contributed by atoms with Gasteiger partial charge in [-0.3, -0.25) is 0 Å². The van der Waals surface area contributed by atoms with E-state index in [4.69, 9.17) is 14.2 Å². The minimum Gasteiger partial charge on any atom is -0.389 e. The molecule has 1 atom stereocenters. The average molecular weight is 275 g/mol. The van der Waals surface area contributed by atoms with Crippen LogP contribution in [0.5, 0.6) is 0 Å². The molecule has 0 spiro atoms. The zero-order chi connectivity index (χ0) is 14.1. The van der Waals surface area contributed by atoms with Crippen LogP contribution in [0.25, 0.3) is 0 Å². The molecule has 0 amide bonds. The first-order chi connectivity index (χ1) is 9.11. The number of nitrogens with one attached hydrogen (secondary N) is 1. The molecule has 114 valence electrons. The van der Waals surface area contributed by atoms with E-state index in [-0.39, 0.29) is 6.10 Å². The van der Waals surface area contributed by atoms with Gasteiger partial charge >= 0.3 is 0 Å². The predicted molar refractivity (Wildman–Crippen MR) is 74.4 cm³/mol. The van der Waals surface area contributed by atoms with Crippen LogP contribution in [0.4, 0.5) is 0 Å². The highest BCUT2D eigenvalue weighted by atomic mass is 16.5. The second-order valence-electron chi connectivity index (χ2n) is 5.30.